The predicted octanol–water partition coefficient (Wildman–Crippen LogP) is 1.60. The number of halogens is 3. The van der Waals surface area contributed by atoms with Gasteiger partial charge < -0.3 is 10.6 Å². The summed E-state index contributed by atoms with van der Waals surface area (Å²) in [5.41, 5.74) is 0. The van der Waals surface area contributed by atoms with Gasteiger partial charge in [-0.3, -0.25) is 9.59 Å². The van der Waals surface area contributed by atoms with Gasteiger partial charge in [0.05, 0.1) is 0 Å². The van der Waals surface area contributed by atoms with E-state index in [4.69, 9.17) is 0 Å². The van der Waals surface area contributed by atoms with E-state index >= 15 is 0 Å². The Morgan fingerprint density at radius 1 is 1.32 bits per heavy atom. The molecule has 0 radical (unpaired) electrons. The molecule has 2 amide bonds. The summed E-state index contributed by atoms with van der Waals surface area (Å²) in [6.07, 6.45) is -4.79. The van der Waals surface area contributed by atoms with Gasteiger partial charge in [-0.2, -0.15) is 13.2 Å². The third kappa shape index (κ3) is 4.11. The molecule has 1 aliphatic heterocycles. The Hall–Kier alpha value is -1.27. The summed E-state index contributed by atoms with van der Waals surface area (Å²) in [7, 11) is 0. The van der Waals surface area contributed by atoms with E-state index in [0.29, 0.717) is 0 Å². The first-order chi connectivity index (χ1) is 8.62. The zero-order valence-corrected chi connectivity index (χ0v) is 11.2. The third-order valence-corrected chi connectivity index (χ3v) is 3.46. The monoisotopic (exact) mass is 280 g/mol. The van der Waals surface area contributed by atoms with E-state index in [1.165, 1.54) is 0 Å². The van der Waals surface area contributed by atoms with E-state index in [-0.39, 0.29) is 24.8 Å². The van der Waals surface area contributed by atoms with Crippen molar-refractivity contribution in [2.24, 2.45) is 11.8 Å². The molecule has 7 heteroatoms. The Bertz CT molecular complexity index is 355. The molecule has 1 aliphatic rings. The molecule has 0 aromatic heterocycles. The van der Waals surface area contributed by atoms with Crippen LogP contribution in [0.3, 0.4) is 0 Å². The minimum atomic E-state index is -4.46. The first kappa shape index (κ1) is 15.8. The Morgan fingerprint density at radius 2 is 1.89 bits per heavy atom. The van der Waals surface area contributed by atoms with Crippen molar-refractivity contribution in [1.29, 1.82) is 0 Å². The summed E-state index contributed by atoms with van der Waals surface area (Å²) in [6, 6.07) is -1.97. The fourth-order valence-corrected chi connectivity index (χ4v) is 1.80. The maximum atomic E-state index is 12.4. The van der Waals surface area contributed by atoms with E-state index in [1.807, 2.05) is 19.2 Å². The summed E-state index contributed by atoms with van der Waals surface area (Å²) in [6.45, 7) is 5.61. The zero-order chi connectivity index (χ0) is 14.8. The second-order valence-electron chi connectivity index (χ2n) is 5.27. The number of amides is 2. The molecule has 19 heavy (non-hydrogen) atoms. The summed E-state index contributed by atoms with van der Waals surface area (Å²) in [5.74, 6) is -2.18. The van der Waals surface area contributed by atoms with E-state index < -0.39 is 30.0 Å². The average Bonchev–Trinajstić information content (AvgIpc) is 2.27. The van der Waals surface area contributed by atoms with Crippen LogP contribution in [0.25, 0.3) is 0 Å². The van der Waals surface area contributed by atoms with Crippen LogP contribution >= 0.6 is 0 Å². The lowest BCUT2D eigenvalue weighted by molar-refractivity contribution is -0.171. The molecule has 0 aliphatic carbocycles. The van der Waals surface area contributed by atoms with Gasteiger partial charge in [-0.1, -0.05) is 13.8 Å². The molecule has 1 saturated heterocycles. The van der Waals surface area contributed by atoms with E-state index in [1.54, 1.807) is 6.92 Å². The van der Waals surface area contributed by atoms with Crippen molar-refractivity contribution in [3.8, 4) is 0 Å². The van der Waals surface area contributed by atoms with Crippen LogP contribution < -0.4 is 10.6 Å². The lowest BCUT2D eigenvalue weighted by atomic mass is 9.92. The van der Waals surface area contributed by atoms with E-state index in [0.717, 1.165) is 0 Å². The number of hydrogen-bond donors (Lipinski definition) is 2. The molecule has 0 spiro atoms. The number of hydrogen-bond acceptors (Lipinski definition) is 2. The van der Waals surface area contributed by atoms with Crippen molar-refractivity contribution in [2.45, 2.75) is 51.9 Å². The summed E-state index contributed by atoms with van der Waals surface area (Å²) in [4.78, 5) is 23.4. The van der Waals surface area contributed by atoms with Crippen LogP contribution in [0.2, 0.25) is 0 Å². The molecular weight excluding hydrogens is 261 g/mol. The van der Waals surface area contributed by atoms with Crippen molar-refractivity contribution >= 4 is 11.8 Å². The highest BCUT2D eigenvalue weighted by atomic mass is 19.4. The van der Waals surface area contributed by atoms with E-state index in [2.05, 4.69) is 5.32 Å². The van der Waals surface area contributed by atoms with Crippen molar-refractivity contribution in [2.75, 3.05) is 0 Å². The molecule has 0 aromatic rings. The van der Waals surface area contributed by atoms with Crippen LogP contribution in [0, 0.1) is 11.8 Å². The van der Waals surface area contributed by atoms with Gasteiger partial charge in [0.1, 0.15) is 12.0 Å². The standard InChI is InChI=1S/C12H19F3N2O2/c1-6(2)7(3)16-10(18)8-4-5-9(12(13,14)15)17-11(8)19/h6-9H,4-5H2,1-3H3,(H,16,18)(H,17,19)/t7-,8+,9+/m0/s1. The molecule has 0 unspecified atom stereocenters. The van der Waals surface area contributed by atoms with Gasteiger partial charge >= 0.3 is 6.18 Å². The van der Waals surface area contributed by atoms with Crippen molar-refractivity contribution in [3.63, 3.8) is 0 Å². The zero-order valence-electron chi connectivity index (χ0n) is 11.2. The van der Waals surface area contributed by atoms with Gasteiger partial charge in [0.25, 0.3) is 0 Å². The van der Waals surface area contributed by atoms with Gasteiger partial charge in [-0.15, -0.1) is 0 Å². The number of rotatable bonds is 3. The topological polar surface area (TPSA) is 58.2 Å². The molecule has 3 atom stereocenters. The Morgan fingerprint density at radius 3 is 2.32 bits per heavy atom. The Kier molecular flexibility index (Phi) is 4.81. The first-order valence-corrected chi connectivity index (χ1v) is 6.30. The normalized spacial score (nSPS) is 25.9. The second-order valence-corrected chi connectivity index (χ2v) is 5.27. The maximum Gasteiger partial charge on any atom is 0.408 e. The van der Waals surface area contributed by atoms with Gasteiger partial charge in [0, 0.05) is 6.04 Å². The number of alkyl halides is 3. The fourth-order valence-electron chi connectivity index (χ4n) is 1.80. The largest absolute Gasteiger partial charge is 0.408 e. The van der Waals surface area contributed by atoms with Crippen LogP contribution in [0.1, 0.15) is 33.6 Å². The summed E-state index contributed by atoms with van der Waals surface area (Å²) < 4.78 is 37.3. The van der Waals surface area contributed by atoms with Crippen LogP contribution in [0.15, 0.2) is 0 Å². The number of carbonyl (C=O) groups excluding carboxylic acids is 2. The Labute approximate surface area is 110 Å². The minimum Gasteiger partial charge on any atom is -0.353 e. The average molecular weight is 280 g/mol. The molecule has 4 nitrogen and oxygen atoms in total. The predicted molar refractivity (Wildman–Crippen MR) is 63.2 cm³/mol. The van der Waals surface area contributed by atoms with E-state index in [9.17, 15) is 22.8 Å². The molecular formula is C12H19F3N2O2. The van der Waals surface area contributed by atoms with Gasteiger partial charge in [0.15, 0.2) is 0 Å². The van der Waals surface area contributed by atoms with Crippen LogP contribution in [-0.4, -0.2) is 30.1 Å². The smallest absolute Gasteiger partial charge is 0.353 e. The van der Waals surface area contributed by atoms with Gasteiger partial charge in [0.2, 0.25) is 11.8 Å². The van der Waals surface area contributed by atoms with Crippen LogP contribution in [-0.2, 0) is 9.59 Å². The lowest BCUT2D eigenvalue weighted by Gasteiger charge is -2.30. The molecule has 1 fully saturated rings. The maximum absolute atomic E-state index is 12.4. The van der Waals surface area contributed by atoms with Crippen LogP contribution in [0.5, 0.6) is 0 Å². The SMILES string of the molecule is CC(C)[C@H](C)NC(=O)[C@H]1CC[C@H](C(F)(F)F)NC1=O. The number of carbonyl (C=O) groups is 2. The van der Waals surface area contributed by atoms with Gasteiger partial charge in [-0.05, 0) is 25.7 Å². The summed E-state index contributed by atoms with van der Waals surface area (Å²) >= 11 is 0. The van der Waals surface area contributed by atoms with Crippen LogP contribution in [0.4, 0.5) is 13.2 Å². The second kappa shape index (κ2) is 5.79. The third-order valence-electron chi connectivity index (χ3n) is 3.46. The van der Waals surface area contributed by atoms with Crippen molar-refractivity contribution < 1.29 is 22.8 Å². The molecule has 1 rings (SSSR count). The first-order valence-electron chi connectivity index (χ1n) is 6.30. The quantitative estimate of drug-likeness (QED) is 0.772. The highest BCUT2D eigenvalue weighted by molar-refractivity contribution is 6.01. The van der Waals surface area contributed by atoms with Crippen molar-refractivity contribution in [1.82, 2.24) is 10.6 Å². The minimum absolute atomic E-state index is 0.0767. The molecule has 0 bridgehead atoms. The number of nitrogens with one attached hydrogen (secondary N) is 2. The highest BCUT2D eigenvalue weighted by Crippen LogP contribution is 2.28. The van der Waals surface area contributed by atoms with Gasteiger partial charge in [-0.25, -0.2) is 0 Å². The molecule has 0 aromatic carbocycles. The molecule has 2 N–H and O–H groups in total. The fraction of sp³-hybridized carbons (Fsp3) is 0.833. The lowest BCUT2D eigenvalue weighted by Crippen LogP contribution is -2.55. The molecule has 1 heterocycles. The Balaban J connectivity index is 2.59. The molecule has 0 saturated carbocycles. The highest BCUT2D eigenvalue weighted by Gasteiger charge is 2.45. The molecule has 110 valence electrons. The van der Waals surface area contributed by atoms with Crippen molar-refractivity contribution in [3.05, 3.63) is 0 Å². The summed E-state index contributed by atoms with van der Waals surface area (Å²) in [5, 5.41) is 4.52. The number of piperidine rings is 1.